The topological polar surface area (TPSA) is 92.5 Å². The number of thiophene rings is 1. The average molecular weight is 450 g/mol. The molecule has 7 nitrogen and oxygen atoms in total. The van der Waals surface area contributed by atoms with Crippen LogP contribution < -0.4 is 5.32 Å². The van der Waals surface area contributed by atoms with Crippen LogP contribution in [-0.4, -0.2) is 34.7 Å². The van der Waals surface area contributed by atoms with Gasteiger partial charge in [0, 0.05) is 25.2 Å². The Morgan fingerprint density at radius 3 is 2.47 bits per heavy atom. The molecule has 1 saturated heterocycles. The minimum absolute atomic E-state index is 0.161. The molecule has 0 unspecified atom stereocenters. The van der Waals surface area contributed by atoms with Crippen molar-refractivity contribution in [2.24, 2.45) is 5.92 Å². The first-order valence-corrected chi connectivity index (χ1v) is 11.4. The molecule has 1 fully saturated rings. The number of benzene rings is 2. The Labute approximate surface area is 189 Å². The third-order valence-corrected chi connectivity index (χ3v) is 6.58. The zero-order valence-electron chi connectivity index (χ0n) is 17.4. The quantitative estimate of drug-likeness (QED) is 0.423. The number of carbonyl (C=O) groups excluding carboxylic acids is 2. The summed E-state index contributed by atoms with van der Waals surface area (Å²) in [5.41, 5.74) is 1.55. The van der Waals surface area contributed by atoms with Crippen molar-refractivity contribution in [3.63, 3.8) is 0 Å². The highest BCUT2D eigenvalue weighted by atomic mass is 32.1. The van der Waals surface area contributed by atoms with Gasteiger partial charge < -0.3 is 10.2 Å². The van der Waals surface area contributed by atoms with Crippen molar-refractivity contribution < 1.29 is 14.5 Å². The Morgan fingerprint density at radius 1 is 1.06 bits per heavy atom. The first kappa shape index (κ1) is 21.7. The van der Waals surface area contributed by atoms with E-state index in [2.05, 4.69) is 17.4 Å². The molecule has 0 bridgehead atoms. The highest BCUT2D eigenvalue weighted by Crippen LogP contribution is 2.28. The van der Waals surface area contributed by atoms with Crippen LogP contribution in [0.4, 0.5) is 11.4 Å². The average Bonchev–Trinajstić information content (AvgIpc) is 3.35. The Hall–Kier alpha value is -3.52. The molecule has 1 N–H and O–H groups in total. The molecule has 3 aromatic rings. The van der Waals surface area contributed by atoms with Crippen molar-refractivity contribution in [3.05, 3.63) is 92.2 Å². The summed E-state index contributed by atoms with van der Waals surface area (Å²) in [5, 5.41) is 15.7. The second-order valence-electron chi connectivity index (χ2n) is 7.84. The maximum absolute atomic E-state index is 13.2. The molecule has 0 radical (unpaired) electrons. The van der Waals surface area contributed by atoms with Crippen LogP contribution in [0.3, 0.4) is 0 Å². The molecule has 2 amide bonds. The molecule has 0 aliphatic carbocycles. The normalized spacial score (nSPS) is 14.2. The van der Waals surface area contributed by atoms with Crippen molar-refractivity contribution in [1.29, 1.82) is 0 Å². The Kier molecular flexibility index (Phi) is 6.61. The fourth-order valence-corrected chi connectivity index (χ4v) is 4.60. The van der Waals surface area contributed by atoms with E-state index in [0.29, 0.717) is 23.9 Å². The molecule has 8 heteroatoms. The summed E-state index contributed by atoms with van der Waals surface area (Å²) in [5.74, 6) is -0.105. The van der Waals surface area contributed by atoms with Crippen molar-refractivity contribution >= 4 is 34.5 Å². The van der Waals surface area contributed by atoms with E-state index in [1.165, 1.54) is 35.1 Å². The number of nitrogens with one attached hydrogen (secondary N) is 1. The largest absolute Gasteiger partial charge is 0.339 e. The number of nitro groups is 1. The Balaban J connectivity index is 1.48. The number of nitro benzene ring substituents is 1. The van der Waals surface area contributed by atoms with Crippen LogP contribution in [0.15, 0.2) is 66.0 Å². The van der Waals surface area contributed by atoms with Crippen LogP contribution >= 0.6 is 11.3 Å². The minimum Gasteiger partial charge on any atom is -0.339 e. The number of nitrogens with zero attached hydrogens (tertiary/aromatic N) is 2. The molecule has 1 aromatic heterocycles. The predicted octanol–water partition coefficient (Wildman–Crippen LogP) is 5.00. The Morgan fingerprint density at radius 2 is 1.81 bits per heavy atom. The molecular weight excluding hydrogens is 426 g/mol. The molecular formula is C24H23N3O4S. The molecule has 4 rings (SSSR count). The van der Waals surface area contributed by atoms with Crippen LogP contribution in [0, 0.1) is 16.0 Å². The minimum atomic E-state index is -0.538. The summed E-state index contributed by atoms with van der Waals surface area (Å²) in [4.78, 5) is 38.7. The van der Waals surface area contributed by atoms with Gasteiger partial charge in [0.2, 0.25) is 0 Å². The summed E-state index contributed by atoms with van der Waals surface area (Å²) in [6.45, 7) is 1.23. The lowest BCUT2D eigenvalue weighted by Gasteiger charge is -2.32. The van der Waals surface area contributed by atoms with Gasteiger partial charge in [-0.2, -0.15) is 0 Å². The second-order valence-corrected chi connectivity index (χ2v) is 8.79. The van der Waals surface area contributed by atoms with E-state index >= 15 is 0 Å². The number of likely N-dealkylation sites (tertiary alicyclic amines) is 1. The SMILES string of the molecule is O=C(Nc1cc([N+](=O)[O-])ccc1C(=O)N1CCC(Cc2ccccc2)CC1)c1cccs1. The molecule has 0 atom stereocenters. The second kappa shape index (κ2) is 9.74. The van der Waals surface area contributed by atoms with Gasteiger partial charge in [0.25, 0.3) is 17.5 Å². The van der Waals surface area contributed by atoms with Gasteiger partial charge in [-0.25, -0.2) is 0 Å². The van der Waals surface area contributed by atoms with E-state index in [9.17, 15) is 19.7 Å². The summed E-state index contributed by atoms with van der Waals surface area (Å²) in [7, 11) is 0. The summed E-state index contributed by atoms with van der Waals surface area (Å²) in [6.07, 6.45) is 2.78. The van der Waals surface area contributed by atoms with Gasteiger partial charge in [-0.05, 0) is 48.3 Å². The van der Waals surface area contributed by atoms with Crippen LogP contribution in [0.2, 0.25) is 0 Å². The zero-order chi connectivity index (χ0) is 22.5. The molecule has 2 heterocycles. The highest BCUT2D eigenvalue weighted by molar-refractivity contribution is 7.12. The molecule has 0 saturated carbocycles. The number of hydrogen-bond acceptors (Lipinski definition) is 5. The predicted molar refractivity (Wildman–Crippen MR) is 124 cm³/mol. The van der Waals surface area contributed by atoms with Gasteiger partial charge in [0.05, 0.1) is 21.1 Å². The van der Waals surface area contributed by atoms with Gasteiger partial charge >= 0.3 is 0 Å². The van der Waals surface area contributed by atoms with Crippen molar-refractivity contribution in [2.75, 3.05) is 18.4 Å². The third-order valence-electron chi connectivity index (χ3n) is 5.71. The molecule has 1 aliphatic rings. The number of rotatable bonds is 6. The van der Waals surface area contributed by atoms with E-state index in [1.807, 2.05) is 18.2 Å². The van der Waals surface area contributed by atoms with Crippen molar-refractivity contribution in [3.8, 4) is 0 Å². The van der Waals surface area contributed by atoms with E-state index < -0.39 is 10.8 Å². The number of non-ortho nitro benzene ring substituents is 1. The molecule has 1 aliphatic heterocycles. The zero-order valence-corrected chi connectivity index (χ0v) is 18.2. The molecule has 2 aromatic carbocycles. The maximum Gasteiger partial charge on any atom is 0.271 e. The number of hydrogen-bond donors (Lipinski definition) is 1. The number of anilines is 1. The maximum atomic E-state index is 13.2. The van der Waals surface area contributed by atoms with Gasteiger partial charge in [-0.15, -0.1) is 11.3 Å². The van der Waals surface area contributed by atoms with E-state index in [4.69, 9.17) is 0 Å². The lowest BCUT2D eigenvalue weighted by atomic mass is 9.90. The third kappa shape index (κ3) is 5.03. The first-order valence-electron chi connectivity index (χ1n) is 10.5. The summed E-state index contributed by atoms with van der Waals surface area (Å²) >= 11 is 1.26. The van der Waals surface area contributed by atoms with Crippen molar-refractivity contribution in [1.82, 2.24) is 4.90 Å². The number of piperidine rings is 1. The van der Waals surface area contributed by atoms with Gasteiger partial charge in [-0.3, -0.25) is 19.7 Å². The van der Waals surface area contributed by atoms with Crippen molar-refractivity contribution in [2.45, 2.75) is 19.3 Å². The van der Waals surface area contributed by atoms with Crippen LogP contribution in [0.1, 0.15) is 38.4 Å². The molecule has 164 valence electrons. The van der Waals surface area contributed by atoms with Gasteiger partial charge in [0.15, 0.2) is 0 Å². The summed E-state index contributed by atoms with van der Waals surface area (Å²) in [6, 6.07) is 17.7. The van der Waals surface area contributed by atoms with E-state index in [-0.39, 0.29) is 22.8 Å². The fraction of sp³-hybridized carbons (Fsp3) is 0.250. The first-order chi connectivity index (χ1) is 15.5. The molecule has 0 spiro atoms. The fourth-order valence-electron chi connectivity index (χ4n) is 3.99. The van der Waals surface area contributed by atoms with Crippen LogP contribution in [0.25, 0.3) is 0 Å². The lowest BCUT2D eigenvalue weighted by molar-refractivity contribution is -0.384. The van der Waals surface area contributed by atoms with Crippen LogP contribution in [-0.2, 0) is 6.42 Å². The lowest BCUT2D eigenvalue weighted by Crippen LogP contribution is -2.39. The number of amides is 2. The van der Waals surface area contributed by atoms with E-state index in [0.717, 1.165) is 19.3 Å². The monoisotopic (exact) mass is 449 g/mol. The smallest absolute Gasteiger partial charge is 0.271 e. The Bertz CT molecular complexity index is 1110. The highest BCUT2D eigenvalue weighted by Gasteiger charge is 2.27. The van der Waals surface area contributed by atoms with Gasteiger partial charge in [0.1, 0.15) is 0 Å². The van der Waals surface area contributed by atoms with Crippen LogP contribution in [0.5, 0.6) is 0 Å². The van der Waals surface area contributed by atoms with E-state index in [1.54, 1.807) is 22.4 Å². The molecule has 32 heavy (non-hydrogen) atoms. The summed E-state index contributed by atoms with van der Waals surface area (Å²) < 4.78 is 0. The van der Waals surface area contributed by atoms with Gasteiger partial charge in [-0.1, -0.05) is 36.4 Å². The standard InChI is InChI=1S/C24H23N3O4S/c28-23(22-7-4-14-32-22)25-21-16-19(27(30)31)8-9-20(21)24(29)26-12-10-18(11-13-26)15-17-5-2-1-3-6-17/h1-9,14,16,18H,10-13,15H2,(H,25,28). The number of carbonyl (C=O) groups is 2.